The number of non-ortho nitro benzene ring substituents is 1. The maximum Gasteiger partial charge on any atom is 0.338 e. The van der Waals surface area contributed by atoms with E-state index in [1.54, 1.807) is 13.8 Å². The lowest BCUT2D eigenvalue weighted by molar-refractivity contribution is -0.384. The third-order valence-electron chi connectivity index (χ3n) is 2.25. The molecule has 6 heteroatoms. The van der Waals surface area contributed by atoms with Crippen molar-refractivity contribution in [3.05, 3.63) is 33.9 Å². The van der Waals surface area contributed by atoms with Crippen LogP contribution in [0, 0.1) is 22.5 Å². The van der Waals surface area contributed by atoms with Crippen LogP contribution in [0.4, 0.5) is 11.4 Å². The van der Waals surface area contributed by atoms with Crippen molar-refractivity contribution in [1.29, 1.82) is 0 Å². The van der Waals surface area contributed by atoms with Crippen LogP contribution in [0.1, 0.15) is 24.2 Å². The van der Waals surface area contributed by atoms with Gasteiger partial charge in [0.15, 0.2) is 0 Å². The smallest absolute Gasteiger partial charge is 0.338 e. The summed E-state index contributed by atoms with van der Waals surface area (Å²) in [6.45, 7) is 3.39. The zero-order valence-corrected chi connectivity index (χ0v) is 9.93. The number of carboxylic acid groups (broad SMARTS) is 1. The zero-order valence-electron chi connectivity index (χ0n) is 9.93. The normalized spacial score (nSPS) is 10.5. The van der Waals surface area contributed by atoms with E-state index in [0.29, 0.717) is 0 Å². The molecule has 0 atom stereocenters. The van der Waals surface area contributed by atoms with Gasteiger partial charge in [-0.25, -0.2) is 4.79 Å². The molecule has 0 fully saturated rings. The van der Waals surface area contributed by atoms with Crippen molar-refractivity contribution in [3.63, 3.8) is 0 Å². The second kappa shape index (κ2) is 4.75. The maximum atomic E-state index is 11.1. The van der Waals surface area contributed by atoms with Gasteiger partial charge in [0.25, 0.3) is 5.69 Å². The Morgan fingerprint density at radius 2 is 2.17 bits per heavy atom. The van der Waals surface area contributed by atoms with Crippen LogP contribution in [0.2, 0.25) is 0 Å². The fourth-order valence-corrected chi connectivity index (χ4v) is 1.30. The number of aromatic carboxylic acids is 1. The van der Waals surface area contributed by atoms with Crippen molar-refractivity contribution in [3.8, 4) is 12.3 Å². The Kier molecular flexibility index (Phi) is 3.57. The van der Waals surface area contributed by atoms with E-state index in [4.69, 9.17) is 11.5 Å². The van der Waals surface area contributed by atoms with Gasteiger partial charge < -0.3 is 10.4 Å². The first-order valence-electron chi connectivity index (χ1n) is 5.04. The molecule has 94 valence electrons. The number of carboxylic acids is 1. The average molecular weight is 248 g/mol. The molecule has 0 aromatic heterocycles. The highest BCUT2D eigenvalue weighted by Crippen LogP contribution is 2.24. The number of hydrogen-bond acceptors (Lipinski definition) is 4. The van der Waals surface area contributed by atoms with E-state index in [-0.39, 0.29) is 16.9 Å². The Morgan fingerprint density at radius 1 is 1.56 bits per heavy atom. The first kappa shape index (κ1) is 13.5. The predicted octanol–water partition coefficient (Wildman–Crippen LogP) is 2.12. The predicted molar refractivity (Wildman–Crippen MR) is 66.6 cm³/mol. The van der Waals surface area contributed by atoms with Gasteiger partial charge in [-0.05, 0) is 19.9 Å². The maximum absolute atomic E-state index is 11.1. The average Bonchev–Trinajstić information content (AvgIpc) is 2.28. The molecule has 1 aromatic rings. The van der Waals surface area contributed by atoms with Crippen LogP contribution < -0.4 is 5.32 Å². The molecule has 1 rings (SSSR count). The number of anilines is 1. The van der Waals surface area contributed by atoms with Gasteiger partial charge in [-0.15, -0.1) is 6.42 Å². The molecule has 18 heavy (non-hydrogen) atoms. The molecule has 0 radical (unpaired) electrons. The molecule has 0 saturated heterocycles. The summed E-state index contributed by atoms with van der Waals surface area (Å²) in [6, 6.07) is 3.55. The Labute approximate surface area is 104 Å². The number of hydrogen-bond donors (Lipinski definition) is 2. The Balaban J connectivity index is 3.25. The Bertz CT molecular complexity index is 543. The van der Waals surface area contributed by atoms with Crippen LogP contribution in [-0.2, 0) is 0 Å². The number of rotatable bonds is 4. The lowest BCUT2D eigenvalue weighted by Crippen LogP contribution is -2.29. The first-order chi connectivity index (χ1) is 8.26. The lowest BCUT2D eigenvalue weighted by atomic mass is 10.0. The second-order valence-corrected chi connectivity index (χ2v) is 4.19. The molecule has 0 spiro atoms. The van der Waals surface area contributed by atoms with E-state index in [1.807, 2.05) is 0 Å². The van der Waals surface area contributed by atoms with E-state index in [0.717, 1.165) is 6.07 Å². The highest BCUT2D eigenvalue weighted by atomic mass is 16.6. The highest BCUT2D eigenvalue weighted by Gasteiger charge is 2.20. The van der Waals surface area contributed by atoms with Gasteiger partial charge in [0, 0.05) is 12.1 Å². The Morgan fingerprint density at radius 3 is 2.61 bits per heavy atom. The molecule has 0 aliphatic heterocycles. The van der Waals surface area contributed by atoms with Crippen molar-refractivity contribution < 1.29 is 14.8 Å². The third-order valence-corrected chi connectivity index (χ3v) is 2.25. The van der Waals surface area contributed by atoms with Gasteiger partial charge in [-0.3, -0.25) is 10.1 Å². The largest absolute Gasteiger partial charge is 0.478 e. The van der Waals surface area contributed by atoms with Crippen molar-refractivity contribution in [1.82, 2.24) is 0 Å². The first-order valence-corrected chi connectivity index (χ1v) is 5.04. The molecular weight excluding hydrogens is 236 g/mol. The summed E-state index contributed by atoms with van der Waals surface area (Å²) >= 11 is 0. The molecule has 0 amide bonds. The molecule has 0 unspecified atom stereocenters. The van der Waals surface area contributed by atoms with E-state index in [2.05, 4.69) is 11.2 Å². The summed E-state index contributed by atoms with van der Waals surface area (Å²) in [5.41, 5.74) is -0.972. The van der Waals surface area contributed by atoms with Crippen LogP contribution in [0.3, 0.4) is 0 Å². The molecule has 0 saturated carbocycles. The third kappa shape index (κ3) is 2.98. The minimum atomic E-state index is -1.26. The number of benzene rings is 1. The fraction of sp³-hybridized carbons (Fsp3) is 0.250. The van der Waals surface area contributed by atoms with Gasteiger partial charge in [-0.1, -0.05) is 5.92 Å². The van der Waals surface area contributed by atoms with Crippen LogP contribution in [-0.4, -0.2) is 21.5 Å². The molecular formula is C12H12N2O4. The van der Waals surface area contributed by atoms with Crippen LogP contribution in [0.5, 0.6) is 0 Å². The van der Waals surface area contributed by atoms with Crippen molar-refractivity contribution in [2.45, 2.75) is 19.4 Å². The zero-order chi connectivity index (χ0) is 13.9. The van der Waals surface area contributed by atoms with Gasteiger partial charge in [0.1, 0.15) is 0 Å². The van der Waals surface area contributed by atoms with E-state index in [9.17, 15) is 14.9 Å². The number of nitro benzene ring substituents is 1. The van der Waals surface area contributed by atoms with Crippen molar-refractivity contribution >= 4 is 17.3 Å². The van der Waals surface area contributed by atoms with Crippen LogP contribution >= 0.6 is 0 Å². The quantitative estimate of drug-likeness (QED) is 0.483. The number of carbonyl (C=O) groups is 1. The molecule has 1 aromatic carbocycles. The van der Waals surface area contributed by atoms with E-state index in [1.165, 1.54) is 12.1 Å². The van der Waals surface area contributed by atoms with E-state index >= 15 is 0 Å². The number of nitrogens with zero attached hydrogens (tertiary/aromatic N) is 1. The summed E-state index contributed by atoms with van der Waals surface area (Å²) < 4.78 is 0. The SMILES string of the molecule is C#CC(C)(C)Nc1ccc([N+](=O)[O-])cc1C(=O)O. The highest BCUT2D eigenvalue weighted by molar-refractivity contribution is 5.95. The number of nitrogens with one attached hydrogen (secondary N) is 1. The molecule has 0 heterocycles. The summed E-state index contributed by atoms with van der Waals surface area (Å²) in [5, 5.41) is 22.5. The second-order valence-electron chi connectivity index (χ2n) is 4.19. The van der Waals surface area contributed by atoms with E-state index < -0.39 is 16.4 Å². The van der Waals surface area contributed by atoms with Crippen molar-refractivity contribution in [2.24, 2.45) is 0 Å². The molecule has 2 N–H and O–H groups in total. The van der Waals surface area contributed by atoms with Crippen LogP contribution in [0.15, 0.2) is 18.2 Å². The number of nitro groups is 1. The summed E-state index contributed by atoms with van der Waals surface area (Å²) in [5.74, 6) is 1.20. The molecule has 0 aliphatic rings. The van der Waals surface area contributed by atoms with Gasteiger partial charge in [-0.2, -0.15) is 0 Å². The molecule has 0 bridgehead atoms. The fourth-order valence-electron chi connectivity index (χ4n) is 1.30. The van der Waals surface area contributed by atoms with Crippen molar-refractivity contribution in [2.75, 3.05) is 5.32 Å². The van der Waals surface area contributed by atoms with Gasteiger partial charge in [0.2, 0.25) is 0 Å². The minimum absolute atomic E-state index is 0.187. The standard InChI is InChI=1S/C12H12N2O4/c1-4-12(2,3)13-10-6-5-8(14(17)18)7-9(10)11(15)16/h1,5-7,13H,2-3H3,(H,15,16). The molecule has 6 nitrogen and oxygen atoms in total. The summed E-state index contributed by atoms with van der Waals surface area (Å²) in [6.07, 6.45) is 5.29. The lowest BCUT2D eigenvalue weighted by Gasteiger charge is -2.22. The molecule has 0 aliphatic carbocycles. The summed E-state index contributed by atoms with van der Waals surface area (Å²) in [7, 11) is 0. The number of terminal acetylenes is 1. The van der Waals surface area contributed by atoms with Crippen LogP contribution in [0.25, 0.3) is 0 Å². The van der Waals surface area contributed by atoms with Gasteiger partial charge in [0.05, 0.1) is 21.7 Å². The topological polar surface area (TPSA) is 92.5 Å². The van der Waals surface area contributed by atoms with Gasteiger partial charge >= 0.3 is 5.97 Å². The monoisotopic (exact) mass is 248 g/mol. The minimum Gasteiger partial charge on any atom is -0.478 e. The summed E-state index contributed by atoms with van der Waals surface area (Å²) in [4.78, 5) is 21.0. The Hall–Kier alpha value is -2.55.